The number of thiazole rings is 1. The van der Waals surface area contributed by atoms with Crippen molar-refractivity contribution in [2.75, 3.05) is 6.54 Å². The molecule has 4 nitrogen and oxygen atoms in total. The maximum Gasteiger partial charge on any atom is 0.206 e. The van der Waals surface area contributed by atoms with Gasteiger partial charge in [0.25, 0.3) is 0 Å². The van der Waals surface area contributed by atoms with Crippen molar-refractivity contribution in [3.05, 3.63) is 69.1 Å². The molecule has 0 radical (unpaired) electrons. The van der Waals surface area contributed by atoms with Crippen molar-refractivity contribution in [2.24, 2.45) is 10.1 Å². The molecule has 0 N–H and O–H groups in total. The fourth-order valence-electron chi connectivity index (χ4n) is 2.65. The normalized spacial score (nSPS) is 12.2. The second kappa shape index (κ2) is 7.57. The average Bonchev–Trinajstić information content (AvgIpc) is 3.00. The van der Waals surface area contributed by atoms with Crippen molar-refractivity contribution < 1.29 is 0 Å². The predicted molar refractivity (Wildman–Crippen MR) is 105 cm³/mol. The zero-order valence-electron chi connectivity index (χ0n) is 15.0. The lowest BCUT2D eigenvalue weighted by Crippen LogP contribution is -2.13. The smallest absolute Gasteiger partial charge is 0.206 e. The van der Waals surface area contributed by atoms with E-state index in [-0.39, 0.29) is 0 Å². The number of hydrogen-bond acceptors (Lipinski definition) is 4. The first kappa shape index (κ1) is 17.3. The molecule has 0 bridgehead atoms. The first-order valence-electron chi connectivity index (χ1n) is 8.34. The maximum absolute atomic E-state index is 4.67. The molecule has 5 heteroatoms. The van der Waals surface area contributed by atoms with E-state index in [4.69, 9.17) is 0 Å². The van der Waals surface area contributed by atoms with Crippen molar-refractivity contribution in [3.63, 3.8) is 0 Å². The summed E-state index contributed by atoms with van der Waals surface area (Å²) in [6.45, 7) is 9.19. The molecule has 0 atom stereocenters. The molecule has 0 aliphatic rings. The summed E-state index contributed by atoms with van der Waals surface area (Å²) in [6.07, 6.45) is 3.55. The highest BCUT2D eigenvalue weighted by Crippen LogP contribution is 2.27. The number of benzene rings is 1. The van der Waals surface area contributed by atoms with Crippen LogP contribution in [0, 0.1) is 20.8 Å². The molecular weight excluding hydrogens is 328 g/mol. The molecule has 0 saturated carbocycles. The van der Waals surface area contributed by atoms with Crippen LogP contribution in [0.2, 0.25) is 0 Å². The van der Waals surface area contributed by atoms with Gasteiger partial charge in [-0.3, -0.25) is 9.98 Å². The Bertz CT molecular complexity index is 965. The summed E-state index contributed by atoms with van der Waals surface area (Å²) < 4.78 is 1.92. The Morgan fingerprint density at radius 3 is 2.64 bits per heavy atom. The summed E-state index contributed by atoms with van der Waals surface area (Å²) >= 11 is 1.61. The molecule has 1 aromatic carbocycles. The van der Waals surface area contributed by atoms with Gasteiger partial charge in [-0.25, -0.2) is 4.68 Å². The summed E-state index contributed by atoms with van der Waals surface area (Å²) in [5.74, 6) is 0. The number of nitrogens with zero attached hydrogens (tertiary/aromatic N) is 4. The molecule has 0 aliphatic heterocycles. The number of hydrogen-bond donors (Lipinski definition) is 0. The van der Waals surface area contributed by atoms with Crippen LogP contribution in [0.25, 0.3) is 11.3 Å². The van der Waals surface area contributed by atoms with E-state index in [0.717, 1.165) is 22.7 Å². The monoisotopic (exact) mass is 350 g/mol. The number of aryl methyl sites for hydroxylation is 3. The summed E-state index contributed by atoms with van der Waals surface area (Å²) in [5.41, 5.74) is 6.90. The van der Waals surface area contributed by atoms with Crippen LogP contribution in [0.4, 0.5) is 0 Å². The first-order valence-corrected chi connectivity index (χ1v) is 9.22. The van der Waals surface area contributed by atoms with Crippen LogP contribution in [0.15, 0.2) is 52.0 Å². The van der Waals surface area contributed by atoms with Crippen molar-refractivity contribution in [1.82, 2.24) is 9.66 Å². The lowest BCUT2D eigenvalue weighted by atomic mass is 9.99. The molecule has 3 aromatic rings. The van der Waals surface area contributed by atoms with Gasteiger partial charge in [-0.05, 0) is 62.6 Å². The Hall–Kier alpha value is -2.53. The summed E-state index contributed by atoms with van der Waals surface area (Å²) in [6, 6.07) is 10.3. The topological polar surface area (TPSA) is 42.5 Å². The Morgan fingerprint density at radius 2 is 1.92 bits per heavy atom. The molecule has 0 spiro atoms. The second-order valence-electron chi connectivity index (χ2n) is 5.94. The molecule has 0 amide bonds. The van der Waals surface area contributed by atoms with Gasteiger partial charge in [0.2, 0.25) is 4.80 Å². The molecule has 2 aromatic heterocycles. The highest BCUT2D eigenvalue weighted by molar-refractivity contribution is 7.07. The highest BCUT2D eigenvalue weighted by atomic mass is 32.1. The molecule has 0 unspecified atom stereocenters. The fraction of sp³-hybridized carbons (Fsp3) is 0.250. The average molecular weight is 350 g/mol. The van der Waals surface area contributed by atoms with E-state index < -0.39 is 0 Å². The lowest BCUT2D eigenvalue weighted by Gasteiger charge is -2.10. The zero-order valence-corrected chi connectivity index (χ0v) is 15.8. The van der Waals surface area contributed by atoms with Gasteiger partial charge in [0, 0.05) is 23.7 Å². The van der Waals surface area contributed by atoms with Gasteiger partial charge in [-0.15, -0.1) is 11.3 Å². The standard InChI is InChI=1S/C20H22N4S/c1-5-21-20-24(23-12-17-8-6-7-9-22-17)19(13-25-20)18-11-15(3)14(2)10-16(18)4/h6-13H,5H2,1-4H3/b21-20?,23-12-. The first-order chi connectivity index (χ1) is 12.1. The molecule has 0 fully saturated rings. The van der Waals surface area contributed by atoms with Gasteiger partial charge in [0.1, 0.15) is 0 Å². The van der Waals surface area contributed by atoms with Crippen LogP contribution in [0.1, 0.15) is 29.3 Å². The molecule has 25 heavy (non-hydrogen) atoms. The van der Waals surface area contributed by atoms with Crippen LogP contribution in [0.5, 0.6) is 0 Å². The summed E-state index contributed by atoms with van der Waals surface area (Å²) in [7, 11) is 0. The third kappa shape index (κ3) is 3.77. The minimum absolute atomic E-state index is 0.727. The van der Waals surface area contributed by atoms with Gasteiger partial charge in [-0.2, -0.15) is 5.10 Å². The van der Waals surface area contributed by atoms with Crippen molar-refractivity contribution in [3.8, 4) is 11.3 Å². The highest BCUT2D eigenvalue weighted by Gasteiger charge is 2.11. The van der Waals surface area contributed by atoms with E-state index in [0.29, 0.717) is 0 Å². The SMILES string of the molecule is CCN=c1scc(-c2cc(C)c(C)cc2C)n1/N=C\c1ccccn1. The van der Waals surface area contributed by atoms with Crippen LogP contribution in [0.3, 0.4) is 0 Å². The van der Waals surface area contributed by atoms with Gasteiger partial charge < -0.3 is 0 Å². The van der Waals surface area contributed by atoms with Gasteiger partial charge >= 0.3 is 0 Å². The zero-order chi connectivity index (χ0) is 17.8. The molecule has 128 valence electrons. The third-order valence-electron chi connectivity index (χ3n) is 4.09. The van der Waals surface area contributed by atoms with Crippen LogP contribution < -0.4 is 4.80 Å². The van der Waals surface area contributed by atoms with Gasteiger partial charge in [0.15, 0.2) is 0 Å². The third-order valence-corrected chi connectivity index (χ3v) is 4.94. The van der Waals surface area contributed by atoms with E-state index in [2.05, 4.69) is 53.4 Å². The summed E-state index contributed by atoms with van der Waals surface area (Å²) in [5, 5.41) is 6.80. The number of pyridine rings is 1. The predicted octanol–water partition coefficient (Wildman–Crippen LogP) is 4.34. The quantitative estimate of drug-likeness (QED) is 0.645. The Kier molecular flexibility index (Phi) is 5.24. The molecular formula is C20H22N4S. The van der Waals surface area contributed by atoms with E-state index in [1.165, 1.54) is 22.3 Å². The largest absolute Gasteiger partial charge is 0.258 e. The molecule has 0 saturated heterocycles. The minimum Gasteiger partial charge on any atom is -0.258 e. The molecule has 2 heterocycles. The summed E-state index contributed by atoms with van der Waals surface area (Å²) in [4.78, 5) is 9.78. The van der Waals surface area contributed by atoms with Crippen molar-refractivity contribution >= 4 is 17.6 Å². The Morgan fingerprint density at radius 1 is 1.12 bits per heavy atom. The fourth-order valence-corrected chi connectivity index (χ4v) is 3.54. The number of rotatable bonds is 4. The van der Waals surface area contributed by atoms with Crippen molar-refractivity contribution in [1.29, 1.82) is 0 Å². The van der Waals surface area contributed by atoms with E-state index >= 15 is 0 Å². The van der Waals surface area contributed by atoms with E-state index in [9.17, 15) is 0 Å². The van der Waals surface area contributed by atoms with Crippen LogP contribution >= 0.6 is 11.3 Å². The second-order valence-corrected chi connectivity index (χ2v) is 6.78. The Balaban J connectivity index is 2.14. The van der Waals surface area contributed by atoms with Gasteiger partial charge in [0.05, 0.1) is 17.6 Å². The Labute approximate surface area is 152 Å². The van der Waals surface area contributed by atoms with Crippen LogP contribution in [-0.2, 0) is 0 Å². The molecule has 3 rings (SSSR count). The van der Waals surface area contributed by atoms with Crippen LogP contribution in [-0.4, -0.2) is 22.4 Å². The molecule has 0 aliphatic carbocycles. The lowest BCUT2D eigenvalue weighted by molar-refractivity contribution is 0.831. The number of aromatic nitrogens is 2. The maximum atomic E-state index is 4.67. The minimum atomic E-state index is 0.727. The van der Waals surface area contributed by atoms with E-state index in [1.54, 1.807) is 23.7 Å². The van der Waals surface area contributed by atoms with Crippen molar-refractivity contribution in [2.45, 2.75) is 27.7 Å². The van der Waals surface area contributed by atoms with Gasteiger partial charge in [-0.1, -0.05) is 12.1 Å². The van der Waals surface area contributed by atoms with E-state index in [1.807, 2.05) is 29.8 Å².